The molecule has 0 bridgehead atoms. The topological polar surface area (TPSA) is 63.5 Å². The van der Waals surface area contributed by atoms with Gasteiger partial charge in [0.05, 0.1) is 11.4 Å². The number of hydrogen-bond acceptors (Lipinski definition) is 5. The van der Waals surface area contributed by atoms with Crippen LogP contribution in [0.2, 0.25) is 0 Å². The summed E-state index contributed by atoms with van der Waals surface area (Å²) in [7, 11) is 0. The number of likely N-dealkylation sites (tertiary alicyclic amines) is 1. The summed E-state index contributed by atoms with van der Waals surface area (Å²) in [5.41, 5.74) is 5.11. The second kappa shape index (κ2) is 8.47. The molecule has 160 valence electrons. The van der Waals surface area contributed by atoms with E-state index < -0.39 is 0 Å². The maximum Gasteiger partial charge on any atom is 0.276 e. The van der Waals surface area contributed by atoms with Gasteiger partial charge in [-0.25, -0.2) is 4.68 Å². The molecule has 2 fully saturated rings. The normalized spacial score (nSPS) is 20.9. The van der Waals surface area contributed by atoms with Gasteiger partial charge in [0.1, 0.15) is 0 Å². The molecule has 0 atom stereocenters. The smallest absolute Gasteiger partial charge is 0.276 e. The Labute approximate surface area is 178 Å². The number of piperidine rings is 1. The predicted molar refractivity (Wildman–Crippen MR) is 114 cm³/mol. The van der Waals surface area contributed by atoms with Gasteiger partial charge in [-0.15, -0.1) is 5.10 Å². The van der Waals surface area contributed by atoms with Gasteiger partial charge in [0.15, 0.2) is 5.69 Å². The molecule has 30 heavy (non-hydrogen) atoms. The number of rotatable bonds is 3. The molecule has 3 aliphatic rings. The molecular formula is C23H31N5O2. The quantitative estimate of drug-likeness (QED) is 0.780. The lowest BCUT2D eigenvalue weighted by Crippen LogP contribution is -2.42. The summed E-state index contributed by atoms with van der Waals surface area (Å²) in [6.07, 6.45) is 6.61. The van der Waals surface area contributed by atoms with Crippen LogP contribution in [-0.2, 0) is 17.7 Å². The molecule has 1 amide bonds. The summed E-state index contributed by atoms with van der Waals surface area (Å²) in [6, 6.07) is 7.07. The second-order valence-corrected chi connectivity index (χ2v) is 8.77. The maximum atomic E-state index is 13.0. The third kappa shape index (κ3) is 3.65. The van der Waals surface area contributed by atoms with Crippen molar-refractivity contribution in [2.45, 2.75) is 58.0 Å². The van der Waals surface area contributed by atoms with E-state index in [9.17, 15) is 4.79 Å². The van der Waals surface area contributed by atoms with E-state index in [2.05, 4.69) is 33.4 Å². The number of aromatic nitrogens is 3. The average Bonchev–Trinajstić information content (AvgIpc) is 3.20. The minimum atomic E-state index is 0.0222. The maximum absolute atomic E-state index is 13.0. The van der Waals surface area contributed by atoms with Gasteiger partial charge in [-0.3, -0.25) is 9.69 Å². The van der Waals surface area contributed by atoms with Crippen LogP contribution in [0.25, 0.3) is 5.69 Å². The molecule has 1 aromatic carbocycles. The van der Waals surface area contributed by atoms with Gasteiger partial charge in [-0.2, -0.15) is 0 Å². The Morgan fingerprint density at radius 2 is 1.90 bits per heavy atom. The van der Waals surface area contributed by atoms with Gasteiger partial charge in [-0.1, -0.05) is 17.3 Å². The fourth-order valence-corrected chi connectivity index (χ4v) is 5.17. The number of carbonyl (C=O) groups excluding carboxylic acids is 1. The molecule has 7 nitrogen and oxygen atoms in total. The average molecular weight is 410 g/mol. The molecule has 0 N–H and O–H groups in total. The van der Waals surface area contributed by atoms with Crippen LogP contribution in [0.5, 0.6) is 0 Å². The highest BCUT2D eigenvalue weighted by Crippen LogP contribution is 2.29. The molecular weight excluding hydrogens is 378 g/mol. The lowest BCUT2D eigenvalue weighted by Gasteiger charge is -2.38. The zero-order chi connectivity index (χ0) is 20.5. The molecule has 4 heterocycles. The van der Waals surface area contributed by atoms with Gasteiger partial charge in [0.25, 0.3) is 5.91 Å². The summed E-state index contributed by atoms with van der Waals surface area (Å²) in [5, 5.41) is 8.71. The third-order valence-corrected chi connectivity index (χ3v) is 6.95. The van der Waals surface area contributed by atoms with Crippen LogP contribution >= 0.6 is 0 Å². The van der Waals surface area contributed by atoms with E-state index in [0.29, 0.717) is 11.7 Å². The van der Waals surface area contributed by atoms with E-state index in [1.807, 2.05) is 16.5 Å². The van der Waals surface area contributed by atoms with Gasteiger partial charge >= 0.3 is 0 Å². The fourth-order valence-electron chi connectivity index (χ4n) is 5.17. The Morgan fingerprint density at radius 3 is 2.70 bits per heavy atom. The van der Waals surface area contributed by atoms with E-state index in [1.165, 1.54) is 17.5 Å². The van der Waals surface area contributed by atoms with Crippen molar-refractivity contribution in [1.29, 1.82) is 0 Å². The number of fused-ring (bicyclic) bond motifs is 1. The number of nitrogens with zero attached hydrogens (tertiary/aromatic N) is 5. The molecule has 0 unspecified atom stereocenters. The van der Waals surface area contributed by atoms with Crippen LogP contribution in [0, 0.1) is 6.92 Å². The second-order valence-electron chi connectivity index (χ2n) is 8.77. The van der Waals surface area contributed by atoms with Gasteiger partial charge in [0, 0.05) is 45.4 Å². The number of amides is 1. The minimum Gasteiger partial charge on any atom is -0.381 e. The number of hydrogen-bond donors (Lipinski definition) is 0. The Morgan fingerprint density at radius 1 is 1.10 bits per heavy atom. The molecule has 1 aromatic heterocycles. The van der Waals surface area contributed by atoms with Crippen molar-refractivity contribution >= 4 is 5.91 Å². The van der Waals surface area contributed by atoms with Crippen LogP contribution in [-0.4, -0.2) is 69.6 Å². The predicted octanol–water partition coefficient (Wildman–Crippen LogP) is 2.74. The monoisotopic (exact) mass is 409 g/mol. The molecule has 0 radical (unpaired) electrons. The first-order valence-electron chi connectivity index (χ1n) is 11.4. The minimum absolute atomic E-state index is 0.0222. The van der Waals surface area contributed by atoms with Crippen molar-refractivity contribution in [1.82, 2.24) is 24.8 Å². The lowest BCUT2D eigenvalue weighted by molar-refractivity contribution is 0.0290. The fraction of sp³-hybridized carbons (Fsp3) is 0.609. The molecule has 0 aliphatic carbocycles. The first-order valence-corrected chi connectivity index (χ1v) is 11.4. The first kappa shape index (κ1) is 19.7. The largest absolute Gasteiger partial charge is 0.381 e. The van der Waals surface area contributed by atoms with E-state index in [1.54, 1.807) is 0 Å². The Bertz CT molecular complexity index is 912. The van der Waals surface area contributed by atoms with Crippen LogP contribution in [0.15, 0.2) is 18.2 Å². The van der Waals surface area contributed by atoms with E-state index in [0.717, 1.165) is 82.9 Å². The van der Waals surface area contributed by atoms with E-state index in [4.69, 9.17) is 4.74 Å². The van der Waals surface area contributed by atoms with Crippen LogP contribution in [0.3, 0.4) is 0 Å². The van der Waals surface area contributed by atoms with Crippen molar-refractivity contribution in [3.63, 3.8) is 0 Å². The SMILES string of the molecule is Cc1c(C(=O)N2CCCCC2)nnn1-c1cccc2c1CCN(C1CCOCC1)C2. The van der Waals surface area contributed by atoms with Crippen molar-refractivity contribution in [3.8, 4) is 5.69 Å². The summed E-state index contributed by atoms with van der Waals surface area (Å²) in [5.74, 6) is 0.0222. The molecule has 2 aromatic rings. The highest BCUT2D eigenvalue weighted by atomic mass is 16.5. The van der Waals surface area contributed by atoms with Crippen molar-refractivity contribution in [2.75, 3.05) is 32.8 Å². The molecule has 3 aliphatic heterocycles. The summed E-state index contributed by atoms with van der Waals surface area (Å²) in [6.45, 7) is 7.40. The standard InChI is InChI=1S/C23H31N5O2/c1-17-22(23(29)26-11-3-2-4-12-26)24-25-28(17)21-7-5-6-18-16-27(13-8-20(18)21)19-9-14-30-15-10-19/h5-7,19H,2-4,8-16H2,1H3. The lowest BCUT2D eigenvalue weighted by atomic mass is 9.95. The Balaban J connectivity index is 1.40. The number of ether oxygens (including phenoxy) is 1. The molecule has 0 saturated carbocycles. The van der Waals surface area contributed by atoms with Gasteiger partial charge in [-0.05, 0) is 62.6 Å². The number of carbonyl (C=O) groups is 1. The number of benzene rings is 1. The van der Waals surface area contributed by atoms with Crippen LogP contribution in [0.4, 0.5) is 0 Å². The third-order valence-electron chi connectivity index (χ3n) is 6.95. The first-order chi connectivity index (χ1) is 14.7. The van der Waals surface area contributed by atoms with Crippen LogP contribution < -0.4 is 0 Å². The zero-order valence-corrected chi connectivity index (χ0v) is 17.8. The van der Waals surface area contributed by atoms with E-state index in [-0.39, 0.29) is 5.91 Å². The van der Waals surface area contributed by atoms with Crippen molar-refractivity contribution in [2.24, 2.45) is 0 Å². The van der Waals surface area contributed by atoms with Crippen LogP contribution in [0.1, 0.15) is 59.4 Å². The highest BCUT2D eigenvalue weighted by Gasteiger charge is 2.28. The van der Waals surface area contributed by atoms with Gasteiger partial charge < -0.3 is 9.64 Å². The Kier molecular flexibility index (Phi) is 5.56. The summed E-state index contributed by atoms with van der Waals surface area (Å²) < 4.78 is 7.41. The molecule has 2 saturated heterocycles. The molecule has 0 spiro atoms. The summed E-state index contributed by atoms with van der Waals surface area (Å²) in [4.78, 5) is 17.5. The Hall–Kier alpha value is -2.25. The van der Waals surface area contributed by atoms with Crippen molar-refractivity contribution in [3.05, 3.63) is 40.7 Å². The molecule has 7 heteroatoms. The van der Waals surface area contributed by atoms with E-state index >= 15 is 0 Å². The zero-order valence-electron chi connectivity index (χ0n) is 17.8. The molecule has 5 rings (SSSR count). The highest BCUT2D eigenvalue weighted by molar-refractivity contribution is 5.93. The summed E-state index contributed by atoms with van der Waals surface area (Å²) >= 11 is 0. The van der Waals surface area contributed by atoms with Gasteiger partial charge in [0.2, 0.25) is 0 Å². The van der Waals surface area contributed by atoms with Crippen molar-refractivity contribution < 1.29 is 9.53 Å².